The zero-order chi connectivity index (χ0) is 6.99. The number of halogens is 3. The number of carbonyl (C=O) groups is 1. The summed E-state index contributed by atoms with van der Waals surface area (Å²) in [6.45, 7) is 0. The van der Waals surface area contributed by atoms with E-state index in [-0.39, 0.29) is 11.2 Å². The molecule has 0 fully saturated rings. The predicted octanol–water partition coefficient (Wildman–Crippen LogP) is 1.73. The molecular weight excluding hydrogens is 174 g/mol. The van der Waals surface area contributed by atoms with Gasteiger partial charge in [0.15, 0.2) is 0 Å². The molecule has 0 saturated carbocycles. The van der Waals surface area contributed by atoms with Gasteiger partial charge in [-0.15, -0.1) is 34.8 Å². The summed E-state index contributed by atoms with van der Waals surface area (Å²) in [5.74, 6) is -1.29. The summed E-state index contributed by atoms with van der Waals surface area (Å²) in [5, 5.41) is 7.78. The first-order valence-corrected chi connectivity index (χ1v) is 3.19. The minimum atomic E-state index is -0.980. The van der Waals surface area contributed by atoms with E-state index in [0.717, 1.165) is 0 Å². The van der Waals surface area contributed by atoms with Crippen LogP contribution in [0.25, 0.3) is 0 Å². The fourth-order valence-corrected chi connectivity index (χ4v) is 0. The third-order valence-electron chi connectivity index (χ3n) is 0.114. The van der Waals surface area contributed by atoms with Crippen molar-refractivity contribution in [2.45, 2.75) is 0 Å². The molecule has 0 aromatic heterocycles. The monoisotopic (exact) mass is 178 g/mol. The van der Waals surface area contributed by atoms with Crippen LogP contribution in [0.15, 0.2) is 0 Å². The highest BCUT2D eigenvalue weighted by Gasteiger charge is 1.83. The van der Waals surface area contributed by atoms with Crippen molar-refractivity contribution in [1.82, 2.24) is 0 Å². The van der Waals surface area contributed by atoms with E-state index in [4.69, 9.17) is 39.9 Å². The summed E-state index contributed by atoms with van der Waals surface area (Å²) in [6.07, 6.45) is 0. The minimum absolute atomic E-state index is 0.194. The second-order valence-electron chi connectivity index (χ2n) is 0.628. The first kappa shape index (κ1) is 11.2. The SMILES string of the molecule is ClCCl.O=C(O)CCl. The van der Waals surface area contributed by atoms with Crippen molar-refractivity contribution < 1.29 is 9.90 Å². The van der Waals surface area contributed by atoms with Crippen LogP contribution in [0.4, 0.5) is 0 Å². The van der Waals surface area contributed by atoms with E-state index in [0.29, 0.717) is 0 Å². The molecule has 8 heavy (non-hydrogen) atoms. The van der Waals surface area contributed by atoms with Gasteiger partial charge in [-0.1, -0.05) is 0 Å². The van der Waals surface area contributed by atoms with Gasteiger partial charge in [-0.3, -0.25) is 4.79 Å². The summed E-state index contributed by atoms with van der Waals surface area (Å²) >= 11 is 14.3. The number of carboxylic acids is 1. The zero-order valence-electron chi connectivity index (χ0n) is 3.90. The smallest absolute Gasteiger partial charge is 0.318 e. The van der Waals surface area contributed by atoms with E-state index in [1.807, 2.05) is 0 Å². The first-order chi connectivity index (χ1) is 3.68. The van der Waals surface area contributed by atoms with Crippen molar-refractivity contribution in [2.24, 2.45) is 0 Å². The summed E-state index contributed by atoms with van der Waals surface area (Å²) in [7, 11) is 0. The number of hydrogen-bond acceptors (Lipinski definition) is 1. The van der Waals surface area contributed by atoms with E-state index in [9.17, 15) is 4.79 Å². The molecule has 0 aliphatic rings. The lowest BCUT2D eigenvalue weighted by atomic mass is 10.8. The van der Waals surface area contributed by atoms with Crippen LogP contribution < -0.4 is 0 Å². The number of aliphatic carboxylic acids is 1. The summed E-state index contributed by atoms with van der Waals surface area (Å²) in [6, 6.07) is 0. The molecular formula is C3H5Cl3O2. The maximum Gasteiger partial charge on any atom is 0.318 e. The molecule has 50 valence electrons. The highest BCUT2D eigenvalue weighted by molar-refractivity contribution is 6.40. The fourth-order valence-electron chi connectivity index (χ4n) is 0. The van der Waals surface area contributed by atoms with Gasteiger partial charge in [0, 0.05) is 0 Å². The molecule has 0 rings (SSSR count). The van der Waals surface area contributed by atoms with Crippen molar-refractivity contribution in [3.63, 3.8) is 0 Å². The van der Waals surface area contributed by atoms with Gasteiger partial charge in [-0.2, -0.15) is 0 Å². The standard InChI is InChI=1S/C2H3ClO2.CH2Cl2/c3-1-2(4)5;2-1-3/h1H2,(H,4,5);1H2. The lowest BCUT2D eigenvalue weighted by Crippen LogP contribution is -1.92. The van der Waals surface area contributed by atoms with E-state index in [2.05, 4.69) is 0 Å². The topological polar surface area (TPSA) is 37.3 Å². The zero-order valence-corrected chi connectivity index (χ0v) is 6.17. The van der Waals surface area contributed by atoms with Crippen molar-refractivity contribution in [3.05, 3.63) is 0 Å². The van der Waals surface area contributed by atoms with E-state index < -0.39 is 5.97 Å². The molecule has 0 amide bonds. The van der Waals surface area contributed by atoms with Gasteiger partial charge in [0.25, 0.3) is 0 Å². The lowest BCUT2D eigenvalue weighted by Gasteiger charge is -1.69. The molecule has 0 bridgehead atoms. The number of rotatable bonds is 1. The van der Waals surface area contributed by atoms with Crippen molar-refractivity contribution in [1.29, 1.82) is 0 Å². The van der Waals surface area contributed by atoms with Gasteiger partial charge in [0.2, 0.25) is 0 Å². The first-order valence-electron chi connectivity index (χ1n) is 1.58. The van der Waals surface area contributed by atoms with Crippen LogP contribution in [0.5, 0.6) is 0 Å². The van der Waals surface area contributed by atoms with Crippen LogP contribution in [0.2, 0.25) is 0 Å². The second-order valence-corrected chi connectivity index (χ2v) is 1.70. The third kappa shape index (κ3) is 33.0. The maximum absolute atomic E-state index is 9.24. The molecule has 0 atom stereocenters. The highest BCUT2D eigenvalue weighted by Crippen LogP contribution is 1.73. The van der Waals surface area contributed by atoms with Gasteiger partial charge >= 0.3 is 5.97 Å². The molecule has 1 N–H and O–H groups in total. The Balaban J connectivity index is 0. The van der Waals surface area contributed by atoms with E-state index >= 15 is 0 Å². The minimum Gasteiger partial charge on any atom is -0.480 e. The average molecular weight is 179 g/mol. The fraction of sp³-hybridized carbons (Fsp3) is 0.667. The third-order valence-corrected chi connectivity index (χ3v) is 0.343. The Bertz CT molecular complexity index is 56.5. The van der Waals surface area contributed by atoms with Gasteiger partial charge in [-0.05, 0) is 0 Å². The predicted molar refractivity (Wildman–Crippen MR) is 34.9 cm³/mol. The van der Waals surface area contributed by atoms with Crippen molar-refractivity contribution in [2.75, 3.05) is 11.2 Å². The van der Waals surface area contributed by atoms with Crippen LogP contribution in [-0.2, 0) is 4.79 Å². The highest BCUT2D eigenvalue weighted by atomic mass is 35.5. The lowest BCUT2D eigenvalue weighted by molar-refractivity contribution is -0.134. The van der Waals surface area contributed by atoms with Crippen LogP contribution in [0.1, 0.15) is 0 Å². The second kappa shape index (κ2) is 10.3. The van der Waals surface area contributed by atoms with Gasteiger partial charge in [0.05, 0.1) is 5.34 Å². The summed E-state index contributed by atoms with van der Waals surface area (Å²) in [5.41, 5.74) is 0. The average Bonchev–Trinajstić information content (AvgIpc) is 1.69. The Hall–Kier alpha value is 0.340. The number of carboxylic acid groups (broad SMARTS) is 1. The molecule has 0 aromatic carbocycles. The summed E-state index contributed by atoms with van der Waals surface area (Å²) < 4.78 is 0. The normalized spacial score (nSPS) is 6.88. The quantitative estimate of drug-likeness (QED) is 0.623. The molecule has 0 aromatic rings. The van der Waals surface area contributed by atoms with Crippen LogP contribution in [-0.4, -0.2) is 22.3 Å². The molecule has 0 saturated heterocycles. The summed E-state index contributed by atoms with van der Waals surface area (Å²) in [4.78, 5) is 9.24. The van der Waals surface area contributed by atoms with Gasteiger partial charge < -0.3 is 5.11 Å². The Kier molecular flexibility index (Phi) is 14.5. The van der Waals surface area contributed by atoms with Crippen molar-refractivity contribution in [3.8, 4) is 0 Å². The van der Waals surface area contributed by atoms with Crippen LogP contribution >= 0.6 is 34.8 Å². The molecule has 0 radical (unpaired) electrons. The molecule has 0 aliphatic carbocycles. The Labute approximate surface area is 62.3 Å². The molecule has 0 spiro atoms. The molecule has 0 unspecified atom stereocenters. The molecule has 5 heteroatoms. The van der Waals surface area contributed by atoms with Gasteiger partial charge in [-0.25, -0.2) is 0 Å². The molecule has 2 nitrogen and oxygen atoms in total. The van der Waals surface area contributed by atoms with E-state index in [1.165, 1.54) is 0 Å². The Morgan fingerprint density at radius 3 is 1.50 bits per heavy atom. The molecule has 0 aliphatic heterocycles. The number of alkyl halides is 3. The Morgan fingerprint density at radius 1 is 1.38 bits per heavy atom. The largest absolute Gasteiger partial charge is 0.480 e. The van der Waals surface area contributed by atoms with Crippen LogP contribution in [0, 0.1) is 0 Å². The molecule has 0 heterocycles. The van der Waals surface area contributed by atoms with Crippen molar-refractivity contribution >= 4 is 40.8 Å². The maximum atomic E-state index is 9.24. The Morgan fingerprint density at radius 2 is 1.50 bits per heavy atom. The van der Waals surface area contributed by atoms with Gasteiger partial charge in [0.1, 0.15) is 5.88 Å². The van der Waals surface area contributed by atoms with Crippen LogP contribution in [0.3, 0.4) is 0 Å². The van der Waals surface area contributed by atoms with E-state index in [1.54, 1.807) is 0 Å². The number of hydrogen-bond donors (Lipinski definition) is 1.